The molecule has 0 amide bonds. The first-order valence-electron chi connectivity index (χ1n) is 6.18. The number of anilines is 1. The summed E-state index contributed by atoms with van der Waals surface area (Å²) in [5.74, 6) is 0. The molecule has 0 unspecified atom stereocenters. The molecule has 0 aliphatic heterocycles. The van der Waals surface area contributed by atoms with Gasteiger partial charge in [-0.1, -0.05) is 18.2 Å². The van der Waals surface area contributed by atoms with Crippen LogP contribution >= 0.6 is 22.7 Å². The van der Waals surface area contributed by atoms with Crippen molar-refractivity contribution in [3.63, 3.8) is 0 Å². The highest BCUT2D eigenvalue weighted by atomic mass is 32.1. The molecule has 2 N–H and O–H groups in total. The zero-order valence-electron chi connectivity index (χ0n) is 10.5. The molecule has 0 fully saturated rings. The van der Waals surface area contributed by atoms with E-state index in [0.29, 0.717) is 0 Å². The first-order valence-corrected chi connectivity index (χ1v) is 7.93. The van der Waals surface area contributed by atoms with E-state index in [4.69, 9.17) is 5.73 Å². The Morgan fingerprint density at radius 3 is 2.65 bits per heavy atom. The number of nitrogens with two attached hydrogens (primary N) is 1. The predicted octanol–water partition coefficient (Wildman–Crippen LogP) is 4.37. The fraction of sp³-hybridized carbons (Fsp3) is 0. The van der Waals surface area contributed by atoms with Crippen molar-refractivity contribution in [1.82, 2.24) is 9.38 Å². The van der Waals surface area contributed by atoms with Gasteiger partial charge >= 0.3 is 0 Å². The Balaban J connectivity index is 1.85. The van der Waals surface area contributed by atoms with Crippen molar-refractivity contribution in [2.45, 2.75) is 0 Å². The van der Waals surface area contributed by atoms with Gasteiger partial charge in [-0.2, -0.15) is 0 Å². The Morgan fingerprint density at radius 1 is 1.05 bits per heavy atom. The zero-order chi connectivity index (χ0) is 13.5. The van der Waals surface area contributed by atoms with Crippen LogP contribution in [0.4, 0.5) is 5.69 Å². The topological polar surface area (TPSA) is 43.3 Å². The SMILES string of the molecule is Nc1ccc(-c2cn3c(-c4cccs4)csc3n2)cc1. The Bertz CT molecular complexity index is 854. The third kappa shape index (κ3) is 1.83. The van der Waals surface area contributed by atoms with Gasteiger partial charge in [0.1, 0.15) is 0 Å². The minimum atomic E-state index is 0.772. The fourth-order valence-electron chi connectivity index (χ4n) is 2.18. The van der Waals surface area contributed by atoms with Crippen molar-refractivity contribution in [1.29, 1.82) is 0 Å². The number of nitrogen functional groups attached to an aromatic ring is 1. The van der Waals surface area contributed by atoms with Crippen LogP contribution in [0.2, 0.25) is 0 Å². The van der Waals surface area contributed by atoms with Crippen LogP contribution in [0.15, 0.2) is 53.4 Å². The highest BCUT2D eigenvalue weighted by Crippen LogP contribution is 2.31. The summed E-state index contributed by atoms with van der Waals surface area (Å²) in [5.41, 5.74) is 9.77. The number of imidazole rings is 1. The van der Waals surface area contributed by atoms with Crippen LogP contribution in [-0.4, -0.2) is 9.38 Å². The van der Waals surface area contributed by atoms with Gasteiger partial charge < -0.3 is 5.73 Å². The lowest BCUT2D eigenvalue weighted by molar-refractivity contribution is 1.24. The minimum absolute atomic E-state index is 0.772. The first kappa shape index (κ1) is 11.7. The van der Waals surface area contributed by atoms with E-state index in [2.05, 4.69) is 38.5 Å². The molecule has 0 saturated carbocycles. The second-order valence-electron chi connectivity index (χ2n) is 4.50. The Morgan fingerprint density at radius 2 is 1.90 bits per heavy atom. The largest absolute Gasteiger partial charge is 0.399 e. The molecular weight excluding hydrogens is 286 g/mol. The highest BCUT2D eigenvalue weighted by Gasteiger charge is 2.11. The van der Waals surface area contributed by atoms with E-state index < -0.39 is 0 Å². The molecule has 3 aromatic heterocycles. The van der Waals surface area contributed by atoms with Gasteiger partial charge in [0.15, 0.2) is 4.96 Å². The van der Waals surface area contributed by atoms with Crippen molar-refractivity contribution in [2.75, 3.05) is 5.73 Å². The van der Waals surface area contributed by atoms with Crippen LogP contribution in [-0.2, 0) is 0 Å². The summed E-state index contributed by atoms with van der Waals surface area (Å²) in [4.78, 5) is 6.96. The minimum Gasteiger partial charge on any atom is -0.399 e. The Hall–Kier alpha value is -2.11. The van der Waals surface area contributed by atoms with Crippen molar-refractivity contribution < 1.29 is 0 Å². The molecule has 0 spiro atoms. The molecule has 0 bridgehead atoms. The molecule has 1 aromatic carbocycles. The van der Waals surface area contributed by atoms with E-state index in [9.17, 15) is 0 Å². The molecular formula is C15H11N3S2. The van der Waals surface area contributed by atoms with Gasteiger partial charge in [0.2, 0.25) is 0 Å². The third-order valence-electron chi connectivity index (χ3n) is 3.19. The van der Waals surface area contributed by atoms with E-state index in [1.165, 1.54) is 10.6 Å². The van der Waals surface area contributed by atoms with E-state index >= 15 is 0 Å². The molecule has 0 aliphatic carbocycles. The van der Waals surface area contributed by atoms with Crippen LogP contribution in [0.3, 0.4) is 0 Å². The summed E-state index contributed by atoms with van der Waals surface area (Å²) >= 11 is 3.41. The monoisotopic (exact) mass is 297 g/mol. The molecule has 0 saturated heterocycles. The maximum atomic E-state index is 5.73. The number of fused-ring (bicyclic) bond motifs is 1. The Labute approximate surface area is 124 Å². The number of rotatable bonds is 2. The standard InChI is InChI=1S/C15H11N3S2/c16-11-5-3-10(4-6-11)12-8-18-13(9-20-15(18)17-12)14-2-1-7-19-14/h1-9H,16H2. The number of benzene rings is 1. The predicted molar refractivity (Wildman–Crippen MR) is 86.2 cm³/mol. The number of aromatic nitrogens is 2. The van der Waals surface area contributed by atoms with Gasteiger partial charge in [-0.25, -0.2) is 4.98 Å². The van der Waals surface area contributed by atoms with Crippen LogP contribution in [0.5, 0.6) is 0 Å². The van der Waals surface area contributed by atoms with E-state index in [-0.39, 0.29) is 0 Å². The molecule has 4 aromatic rings. The molecule has 98 valence electrons. The summed E-state index contributed by atoms with van der Waals surface area (Å²) in [7, 11) is 0. The van der Waals surface area contributed by atoms with E-state index in [1.54, 1.807) is 22.7 Å². The lowest BCUT2D eigenvalue weighted by atomic mass is 10.1. The quantitative estimate of drug-likeness (QED) is 0.558. The molecule has 0 radical (unpaired) electrons. The second-order valence-corrected chi connectivity index (χ2v) is 6.28. The average Bonchev–Trinajstić information content (AvgIpc) is 3.15. The molecule has 20 heavy (non-hydrogen) atoms. The number of nitrogens with zero attached hydrogens (tertiary/aromatic N) is 2. The van der Waals surface area contributed by atoms with Crippen LogP contribution < -0.4 is 5.73 Å². The number of thiophene rings is 1. The third-order valence-corrected chi connectivity index (χ3v) is 4.92. The van der Waals surface area contributed by atoms with E-state index in [1.807, 2.05) is 24.3 Å². The lowest BCUT2D eigenvalue weighted by Crippen LogP contribution is -1.84. The average molecular weight is 297 g/mol. The molecule has 3 nitrogen and oxygen atoms in total. The summed E-state index contributed by atoms with van der Waals surface area (Å²) in [6, 6.07) is 12.0. The number of hydrogen-bond donors (Lipinski definition) is 1. The highest BCUT2D eigenvalue weighted by molar-refractivity contribution is 7.16. The molecule has 4 rings (SSSR count). The molecule has 5 heteroatoms. The second kappa shape index (κ2) is 4.47. The van der Waals surface area contributed by atoms with Crippen LogP contribution in [0, 0.1) is 0 Å². The van der Waals surface area contributed by atoms with Crippen molar-refractivity contribution in [3.8, 4) is 21.8 Å². The van der Waals surface area contributed by atoms with Crippen molar-refractivity contribution in [2.24, 2.45) is 0 Å². The van der Waals surface area contributed by atoms with Crippen LogP contribution in [0.25, 0.3) is 26.8 Å². The molecule has 0 aliphatic rings. The summed E-state index contributed by atoms with van der Waals surface area (Å²) in [5, 5.41) is 4.25. The lowest BCUT2D eigenvalue weighted by Gasteiger charge is -1.97. The van der Waals surface area contributed by atoms with Crippen LogP contribution in [0.1, 0.15) is 0 Å². The molecule has 0 atom stereocenters. The maximum absolute atomic E-state index is 5.73. The van der Waals surface area contributed by atoms with E-state index in [0.717, 1.165) is 21.9 Å². The Kier molecular flexibility index (Phi) is 2.61. The van der Waals surface area contributed by atoms with Gasteiger partial charge in [-0.15, -0.1) is 22.7 Å². The fourth-order valence-corrected chi connectivity index (χ4v) is 3.87. The van der Waals surface area contributed by atoms with Crippen molar-refractivity contribution >= 4 is 33.3 Å². The normalized spacial score (nSPS) is 11.2. The van der Waals surface area contributed by atoms with Gasteiger partial charge in [0.05, 0.1) is 16.3 Å². The number of hydrogen-bond acceptors (Lipinski definition) is 4. The summed E-state index contributed by atoms with van der Waals surface area (Å²) in [6.45, 7) is 0. The molecule has 3 heterocycles. The number of thiazole rings is 1. The summed E-state index contributed by atoms with van der Waals surface area (Å²) in [6.07, 6.45) is 2.09. The van der Waals surface area contributed by atoms with Gasteiger partial charge in [-0.3, -0.25) is 4.40 Å². The zero-order valence-corrected chi connectivity index (χ0v) is 12.1. The maximum Gasteiger partial charge on any atom is 0.194 e. The first-order chi connectivity index (χ1) is 9.81. The van der Waals surface area contributed by atoms with Gasteiger partial charge in [0.25, 0.3) is 0 Å². The van der Waals surface area contributed by atoms with Crippen molar-refractivity contribution in [3.05, 3.63) is 53.4 Å². The van der Waals surface area contributed by atoms with Gasteiger partial charge in [0, 0.05) is 22.8 Å². The smallest absolute Gasteiger partial charge is 0.194 e. The summed E-state index contributed by atoms with van der Waals surface area (Å²) < 4.78 is 2.15. The van der Waals surface area contributed by atoms with Gasteiger partial charge in [-0.05, 0) is 23.6 Å².